The highest BCUT2D eigenvalue weighted by atomic mass is 35.5. The van der Waals surface area contributed by atoms with Crippen molar-refractivity contribution >= 4 is 23.2 Å². The number of hydrogen-bond donors (Lipinski definition) is 1. The number of nitrogens with one attached hydrogen (secondary N) is 1. The molecule has 2 nitrogen and oxygen atoms in total. The minimum Gasteiger partial charge on any atom is -0.322 e. The van der Waals surface area contributed by atoms with Crippen LogP contribution < -0.4 is 5.32 Å². The zero-order valence-electron chi connectivity index (χ0n) is 9.73. The number of halogens is 1. The van der Waals surface area contributed by atoms with E-state index in [0.29, 0.717) is 10.7 Å². The molecule has 1 rings (SSSR count). The van der Waals surface area contributed by atoms with Crippen molar-refractivity contribution in [1.82, 2.24) is 0 Å². The number of carbonyl (C=O) groups is 1. The molecule has 1 aromatic carbocycles. The Hall–Kier alpha value is -1.28. The Kier molecular flexibility index (Phi) is 3.76. The summed E-state index contributed by atoms with van der Waals surface area (Å²) in [5.41, 5.74) is 1.60. The maximum absolute atomic E-state index is 11.2. The Balaban J connectivity index is 3.08. The molecule has 0 aliphatic carbocycles. The van der Waals surface area contributed by atoms with Crippen molar-refractivity contribution in [3.63, 3.8) is 0 Å². The minimum atomic E-state index is -0.265. The number of rotatable bonds is 2. The SMILES string of the molecule is C=CC(=O)Nc1[c]c(Cl)cc(C(C)(C)C)c1. The van der Waals surface area contributed by atoms with Crippen molar-refractivity contribution in [2.24, 2.45) is 0 Å². The van der Waals surface area contributed by atoms with E-state index in [1.54, 1.807) is 0 Å². The molecule has 1 aromatic rings. The molecule has 0 heterocycles. The van der Waals surface area contributed by atoms with Crippen LogP contribution in [-0.4, -0.2) is 5.91 Å². The summed E-state index contributed by atoms with van der Waals surface area (Å²) in [4.78, 5) is 11.2. The van der Waals surface area contributed by atoms with E-state index in [1.807, 2.05) is 12.1 Å². The van der Waals surface area contributed by atoms with Crippen molar-refractivity contribution < 1.29 is 4.79 Å². The van der Waals surface area contributed by atoms with Gasteiger partial charge in [-0.15, -0.1) is 0 Å². The zero-order chi connectivity index (χ0) is 12.3. The van der Waals surface area contributed by atoms with Gasteiger partial charge >= 0.3 is 0 Å². The Bertz CT molecular complexity index is 418. The van der Waals surface area contributed by atoms with Crippen LogP contribution in [0.25, 0.3) is 0 Å². The highest BCUT2D eigenvalue weighted by Gasteiger charge is 2.15. The molecule has 1 N–H and O–H groups in total. The lowest BCUT2D eigenvalue weighted by atomic mass is 9.87. The van der Waals surface area contributed by atoms with Gasteiger partial charge in [0.2, 0.25) is 5.91 Å². The van der Waals surface area contributed by atoms with Gasteiger partial charge in [0.25, 0.3) is 0 Å². The Labute approximate surface area is 101 Å². The molecule has 0 atom stereocenters. The van der Waals surface area contributed by atoms with Crippen LogP contribution in [0.1, 0.15) is 26.3 Å². The van der Waals surface area contributed by atoms with Crippen molar-refractivity contribution in [3.05, 3.63) is 41.4 Å². The molecule has 0 aliphatic rings. The fourth-order valence-electron chi connectivity index (χ4n) is 1.22. The average molecular weight is 237 g/mol. The van der Waals surface area contributed by atoms with E-state index >= 15 is 0 Å². The summed E-state index contributed by atoms with van der Waals surface area (Å²) >= 11 is 5.95. The molecular formula is C13H15ClNO. The lowest BCUT2D eigenvalue weighted by Crippen LogP contribution is -2.13. The second-order valence-corrected chi connectivity index (χ2v) is 4.98. The van der Waals surface area contributed by atoms with Crippen LogP contribution in [0.3, 0.4) is 0 Å². The van der Waals surface area contributed by atoms with Crippen molar-refractivity contribution in [3.8, 4) is 0 Å². The maximum Gasteiger partial charge on any atom is 0.247 e. The monoisotopic (exact) mass is 236 g/mol. The van der Waals surface area contributed by atoms with Gasteiger partial charge in [-0.2, -0.15) is 0 Å². The van der Waals surface area contributed by atoms with E-state index < -0.39 is 0 Å². The smallest absolute Gasteiger partial charge is 0.247 e. The summed E-state index contributed by atoms with van der Waals surface area (Å²) in [6.07, 6.45) is 1.21. The van der Waals surface area contributed by atoms with E-state index in [0.717, 1.165) is 5.56 Å². The van der Waals surface area contributed by atoms with Gasteiger partial charge in [-0.3, -0.25) is 4.79 Å². The first-order chi connectivity index (χ1) is 7.32. The fraction of sp³-hybridized carbons (Fsp3) is 0.308. The van der Waals surface area contributed by atoms with Crippen molar-refractivity contribution in [1.29, 1.82) is 0 Å². The molecule has 3 heteroatoms. The largest absolute Gasteiger partial charge is 0.322 e. The van der Waals surface area contributed by atoms with Gasteiger partial charge in [-0.1, -0.05) is 39.0 Å². The average Bonchev–Trinajstić information content (AvgIpc) is 2.15. The Morgan fingerprint density at radius 2 is 2.12 bits per heavy atom. The zero-order valence-corrected chi connectivity index (χ0v) is 10.5. The number of anilines is 1. The number of hydrogen-bond acceptors (Lipinski definition) is 1. The molecule has 0 fully saturated rings. The van der Waals surface area contributed by atoms with Crippen LogP contribution in [0.5, 0.6) is 0 Å². The van der Waals surface area contributed by atoms with Gasteiger partial charge in [-0.25, -0.2) is 0 Å². The summed E-state index contributed by atoms with van der Waals surface area (Å²) in [5, 5.41) is 3.14. The first-order valence-corrected chi connectivity index (χ1v) is 5.37. The fourth-order valence-corrected chi connectivity index (χ4v) is 1.44. The third kappa shape index (κ3) is 3.38. The quantitative estimate of drug-likeness (QED) is 0.782. The molecule has 16 heavy (non-hydrogen) atoms. The molecule has 0 saturated heterocycles. The first-order valence-electron chi connectivity index (χ1n) is 4.99. The van der Waals surface area contributed by atoms with Gasteiger partial charge in [0, 0.05) is 6.07 Å². The van der Waals surface area contributed by atoms with E-state index in [1.165, 1.54) is 6.08 Å². The molecule has 0 unspecified atom stereocenters. The van der Waals surface area contributed by atoms with Crippen LogP contribution in [-0.2, 0) is 10.2 Å². The predicted octanol–water partition coefficient (Wildman–Crippen LogP) is 3.56. The number of benzene rings is 1. The van der Waals surface area contributed by atoms with Gasteiger partial charge in [0.05, 0.1) is 10.7 Å². The predicted molar refractivity (Wildman–Crippen MR) is 67.8 cm³/mol. The van der Waals surface area contributed by atoms with Crippen LogP contribution in [0, 0.1) is 6.07 Å². The Morgan fingerprint density at radius 3 is 2.62 bits per heavy atom. The molecule has 1 radical (unpaired) electrons. The van der Waals surface area contributed by atoms with Crippen LogP contribution in [0.2, 0.25) is 5.02 Å². The van der Waals surface area contributed by atoms with Gasteiger partial charge < -0.3 is 5.32 Å². The van der Waals surface area contributed by atoms with Crippen LogP contribution >= 0.6 is 11.6 Å². The van der Waals surface area contributed by atoms with Gasteiger partial charge in [-0.05, 0) is 29.2 Å². The van der Waals surface area contributed by atoms with E-state index in [9.17, 15) is 4.79 Å². The van der Waals surface area contributed by atoms with E-state index in [-0.39, 0.29) is 11.3 Å². The summed E-state index contributed by atoms with van der Waals surface area (Å²) < 4.78 is 0. The topological polar surface area (TPSA) is 29.1 Å². The minimum absolute atomic E-state index is 0.0214. The second-order valence-electron chi connectivity index (χ2n) is 4.57. The summed E-state index contributed by atoms with van der Waals surface area (Å²) in [5.74, 6) is -0.265. The van der Waals surface area contributed by atoms with E-state index in [4.69, 9.17) is 11.6 Å². The molecule has 0 aliphatic heterocycles. The van der Waals surface area contributed by atoms with Gasteiger partial charge in [0.15, 0.2) is 0 Å². The van der Waals surface area contributed by atoms with Gasteiger partial charge in [0.1, 0.15) is 0 Å². The number of amides is 1. The summed E-state index contributed by atoms with van der Waals surface area (Å²) in [6, 6.07) is 6.59. The highest BCUT2D eigenvalue weighted by Crippen LogP contribution is 2.28. The molecule has 0 saturated carbocycles. The first kappa shape index (κ1) is 12.8. The van der Waals surface area contributed by atoms with Crippen molar-refractivity contribution in [2.45, 2.75) is 26.2 Å². The highest BCUT2D eigenvalue weighted by molar-refractivity contribution is 6.30. The number of carbonyl (C=O) groups excluding carboxylic acids is 1. The molecular weight excluding hydrogens is 222 g/mol. The van der Waals surface area contributed by atoms with Crippen LogP contribution in [0.15, 0.2) is 24.8 Å². The molecule has 85 valence electrons. The summed E-state index contributed by atoms with van der Waals surface area (Å²) in [6.45, 7) is 9.63. The lowest BCUT2D eigenvalue weighted by Gasteiger charge is -2.20. The molecule has 0 bridgehead atoms. The van der Waals surface area contributed by atoms with E-state index in [2.05, 4.69) is 38.7 Å². The molecule has 0 aromatic heterocycles. The molecule has 0 spiro atoms. The van der Waals surface area contributed by atoms with Crippen LogP contribution in [0.4, 0.5) is 5.69 Å². The molecule has 1 amide bonds. The Morgan fingerprint density at radius 1 is 1.50 bits per heavy atom. The lowest BCUT2D eigenvalue weighted by molar-refractivity contribution is -0.111. The second kappa shape index (κ2) is 4.71. The third-order valence-corrected chi connectivity index (χ3v) is 2.35. The standard InChI is InChI=1S/C13H15ClNO/c1-5-12(16)15-11-7-9(13(2,3)4)6-10(14)8-11/h5-7H,1H2,2-4H3,(H,15,16). The maximum atomic E-state index is 11.2. The normalized spacial score (nSPS) is 11.0. The van der Waals surface area contributed by atoms with Crippen molar-refractivity contribution in [2.75, 3.05) is 5.32 Å². The summed E-state index contributed by atoms with van der Waals surface area (Å²) in [7, 11) is 0. The third-order valence-electron chi connectivity index (χ3n) is 2.15.